The Hall–Kier alpha value is -2.14. The van der Waals surface area contributed by atoms with Crippen molar-refractivity contribution in [2.24, 2.45) is 0 Å². The van der Waals surface area contributed by atoms with Gasteiger partial charge in [0.05, 0.1) is 10.2 Å². The third kappa shape index (κ3) is 2.31. The summed E-state index contributed by atoms with van der Waals surface area (Å²) in [7, 11) is 0. The summed E-state index contributed by atoms with van der Waals surface area (Å²) in [5.41, 5.74) is 3.92. The van der Waals surface area contributed by atoms with Gasteiger partial charge >= 0.3 is 0 Å². The van der Waals surface area contributed by atoms with Crippen molar-refractivity contribution in [3.8, 4) is 5.13 Å². The van der Waals surface area contributed by atoms with Crippen molar-refractivity contribution in [3.63, 3.8) is 0 Å². The Morgan fingerprint density at radius 2 is 1.95 bits per heavy atom. The molecule has 4 rings (SSSR count). The zero-order chi connectivity index (χ0) is 15.3. The molecule has 0 atom stereocenters. The van der Waals surface area contributed by atoms with Crippen LogP contribution < -0.4 is 5.32 Å². The Morgan fingerprint density at radius 3 is 2.64 bits per heavy atom. The number of hydrogen-bond acceptors (Lipinski definition) is 3. The summed E-state index contributed by atoms with van der Waals surface area (Å²) in [6.45, 7) is 4.15. The van der Waals surface area contributed by atoms with Crippen LogP contribution in [0.2, 0.25) is 0 Å². The fourth-order valence-corrected chi connectivity index (χ4v) is 3.68. The molecule has 0 spiro atoms. The van der Waals surface area contributed by atoms with Crippen molar-refractivity contribution in [1.29, 1.82) is 0 Å². The predicted octanol–water partition coefficient (Wildman–Crippen LogP) is 3.60. The molecular weight excluding hydrogens is 294 g/mol. The van der Waals surface area contributed by atoms with Crippen LogP contribution in [0.15, 0.2) is 30.3 Å². The molecule has 1 amide bonds. The quantitative estimate of drug-likeness (QED) is 0.803. The summed E-state index contributed by atoms with van der Waals surface area (Å²) in [5, 5.41) is 3.97. The van der Waals surface area contributed by atoms with E-state index in [1.54, 1.807) is 11.3 Å². The fourth-order valence-electron chi connectivity index (χ4n) is 2.62. The molecule has 22 heavy (non-hydrogen) atoms. The Kier molecular flexibility index (Phi) is 3.04. The highest BCUT2D eigenvalue weighted by molar-refractivity contribution is 7.20. The van der Waals surface area contributed by atoms with E-state index in [0.29, 0.717) is 11.6 Å². The Bertz CT molecular complexity index is 854. The van der Waals surface area contributed by atoms with Crippen LogP contribution >= 0.6 is 11.3 Å². The number of nitrogens with zero attached hydrogens (tertiary/aromatic N) is 2. The van der Waals surface area contributed by atoms with E-state index < -0.39 is 0 Å². The van der Waals surface area contributed by atoms with Crippen molar-refractivity contribution in [2.45, 2.75) is 32.7 Å². The lowest BCUT2D eigenvalue weighted by molar-refractivity contribution is 0.0951. The molecule has 0 saturated heterocycles. The van der Waals surface area contributed by atoms with Gasteiger partial charge in [-0.05, 0) is 57.0 Å². The lowest BCUT2D eigenvalue weighted by Crippen LogP contribution is -2.25. The molecule has 1 aromatic carbocycles. The molecule has 1 saturated carbocycles. The van der Waals surface area contributed by atoms with Gasteiger partial charge < -0.3 is 5.32 Å². The number of fused-ring (bicyclic) bond motifs is 1. The lowest BCUT2D eigenvalue weighted by Gasteiger charge is -2.03. The van der Waals surface area contributed by atoms with E-state index in [-0.39, 0.29) is 5.91 Å². The Balaban J connectivity index is 1.73. The molecule has 2 aromatic heterocycles. The predicted molar refractivity (Wildman–Crippen MR) is 88.9 cm³/mol. The summed E-state index contributed by atoms with van der Waals surface area (Å²) in [4.78, 5) is 16.9. The zero-order valence-corrected chi connectivity index (χ0v) is 13.4. The zero-order valence-electron chi connectivity index (χ0n) is 12.6. The van der Waals surface area contributed by atoms with E-state index in [2.05, 4.69) is 35.9 Å². The highest BCUT2D eigenvalue weighted by Gasteiger charge is 2.24. The number of aryl methyl sites for hydroxylation is 2. The summed E-state index contributed by atoms with van der Waals surface area (Å²) in [6, 6.07) is 10.3. The fraction of sp³-hybridized carbons (Fsp3) is 0.294. The van der Waals surface area contributed by atoms with Gasteiger partial charge in [-0.2, -0.15) is 0 Å². The second-order valence-electron chi connectivity index (χ2n) is 5.88. The van der Waals surface area contributed by atoms with Gasteiger partial charge in [0.1, 0.15) is 0 Å². The van der Waals surface area contributed by atoms with Gasteiger partial charge in [0, 0.05) is 23.0 Å². The molecule has 1 aliphatic rings. The van der Waals surface area contributed by atoms with Crippen LogP contribution in [0.4, 0.5) is 0 Å². The normalized spacial score (nSPS) is 14.5. The molecule has 4 nitrogen and oxygen atoms in total. The van der Waals surface area contributed by atoms with Crippen LogP contribution in [-0.4, -0.2) is 21.5 Å². The molecule has 3 aromatic rings. The first-order chi connectivity index (χ1) is 10.6. The van der Waals surface area contributed by atoms with Gasteiger partial charge in [0.2, 0.25) is 0 Å². The molecule has 112 valence electrons. The van der Waals surface area contributed by atoms with E-state index in [0.717, 1.165) is 28.2 Å². The van der Waals surface area contributed by atoms with Crippen LogP contribution in [0, 0.1) is 13.8 Å². The maximum absolute atomic E-state index is 12.1. The molecule has 0 bridgehead atoms. The van der Waals surface area contributed by atoms with Crippen LogP contribution in [0.1, 0.15) is 34.6 Å². The maximum Gasteiger partial charge on any atom is 0.251 e. The van der Waals surface area contributed by atoms with Gasteiger partial charge in [-0.1, -0.05) is 11.3 Å². The van der Waals surface area contributed by atoms with Crippen molar-refractivity contribution in [2.75, 3.05) is 0 Å². The smallest absolute Gasteiger partial charge is 0.251 e. The van der Waals surface area contributed by atoms with Crippen LogP contribution in [-0.2, 0) is 0 Å². The molecule has 5 heteroatoms. The monoisotopic (exact) mass is 311 g/mol. The first-order valence-corrected chi connectivity index (χ1v) is 8.30. The Labute approximate surface area is 132 Å². The maximum atomic E-state index is 12.1. The van der Waals surface area contributed by atoms with Gasteiger partial charge in [-0.25, -0.2) is 4.98 Å². The summed E-state index contributed by atoms with van der Waals surface area (Å²) in [6.07, 6.45) is 2.20. The summed E-state index contributed by atoms with van der Waals surface area (Å²) >= 11 is 1.65. The molecule has 2 heterocycles. The highest BCUT2D eigenvalue weighted by Crippen LogP contribution is 2.28. The third-order valence-corrected chi connectivity index (χ3v) is 5.04. The number of hydrogen-bond donors (Lipinski definition) is 1. The van der Waals surface area contributed by atoms with Crippen LogP contribution in [0.25, 0.3) is 15.3 Å². The van der Waals surface area contributed by atoms with Gasteiger partial charge in [-0.3, -0.25) is 9.36 Å². The standard InChI is InChI=1S/C17H17N3OS/c1-10-3-4-11(2)20(10)17-19-14-9-12(5-8-15(14)22-17)16(21)18-13-6-7-13/h3-5,8-9,13H,6-7H2,1-2H3,(H,18,21). The number of benzene rings is 1. The first-order valence-electron chi connectivity index (χ1n) is 7.48. The highest BCUT2D eigenvalue weighted by atomic mass is 32.1. The molecule has 1 aliphatic carbocycles. The third-order valence-electron chi connectivity index (χ3n) is 4.01. The van der Waals surface area contributed by atoms with Gasteiger partial charge in [0.15, 0.2) is 5.13 Å². The molecule has 0 aliphatic heterocycles. The average Bonchev–Trinajstić information content (AvgIpc) is 3.10. The van der Waals surface area contributed by atoms with E-state index in [4.69, 9.17) is 4.98 Å². The first kappa shape index (κ1) is 13.5. The molecule has 1 fully saturated rings. The van der Waals surface area contributed by atoms with Gasteiger partial charge in [-0.15, -0.1) is 0 Å². The molecule has 0 radical (unpaired) electrons. The average molecular weight is 311 g/mol. The van der Waals surface area contributed by atoms with E-state index in [1.807, 2.05) is 18.2 Å². The molecule has 0 unspecified atom stereocenters. The van der Waals surface area contributed by atoms with E-state index in [9.17, 15) is 4.79 Å². The van der Waals surface area contributed by atoms with Crippen LogP contribution in [0.5, 0.6) is 0 Å². The number of carbonyl (C=O) groups excluding carboxylic acids is 1. The lowest BCUT2D eigenvalue weighted by atomic mass is 10.2. The number of thiazole rings is 1. The largest absolute Gasteiger partial charge is 0.349 e. The topological polar surface area (TPSA) is 46.9 Å². The van der Waals surface area contributed by atoms with E-state index in [1.165, 1.54) is 11.4 Å². The molecular formula is C17H17N3OS. The van der Waals surface area contributed by atoms with Crippen molar-refractivity contribution in [1.82, 2.24) is 14.9 Å². The van der Waals surface area contributed by atoms with E-state index >= 15 is 0 Å². The number of rotatable bonds is 3. The number of amides is 1. The summed E-state index contributed by atoms with van der Waals surface area (Å²) in [5.74, 6) is 0.00674. The minimum absolute atomic E-state index is 0.00674. The second-order valence-corrected chi connectivity index (χ2v) is 6.89. The molecule has 1 N–H and O–H groups in total. The van der Waals surface area contributed by atoms with Gasteiger partial charge in [0.25, 0.3) is 5.91 Å². The van der Waals surface area contributed by atoms with Crippen molar-refractivity contribution >= 4 is 27.5 Å². The Morgan fingerprint density at radius 1 is 1.23 bits per heavy atom. The van der Waals surface area contributed by atoms with Crippen molar-refractivity contribution in [3.05, 3.63) is 47.3 Å². The minimum Gasteiger partial charge on any atom is -0.349 e. The second kappa shape index (κ2) is 4.95. The SMILES string of the molecule is Cc1ccc(C)n1-c1nc2cc(C(=O)NC3CC3)ccc2s1. The number of nitrogens with one attached hydrogen (secondary N) is 1. The number of aromatic nitrogens is 2. The number of carbonyl (C=O) groups is 1. The van der Waals surface area contributed by atoms with Crippen LogP contribution in [0.3, 0.4) is 0 Å². The summed E-state index contributed by atoms with van der Waals surface area (Å²) < 4.78 is 3.25. The van der Waals surface area contributed by atoms with Crippen molar-refractivity contribution < 1.29 is 4.79 Å². The minimum atomic E-state index is 0.00674.